The number of amides is 2. The van der Waals surface area contributed by atoms with Gasteiger partial charge in [0, 0.05) is 23.5 Å². The molecule has 5 heteroatoms. The van der Waals surface area contributed by atoms with Crippen LogP contribution in [0.2, 0.25) is 0 Å². The van der Waals surface area contributed by atoms with Crippen molar-refractivity contribution in [2.45, 2.75) is 57.0 Å². The molecule has 2 fully saturated rings. The van der Waals surface area contributed by atoms with Crippen molar-refractivity contribution >= 4 is 22.7 Å². The number of carbonyl (C=O) groups excluding carboxylic acids is 2. The van der Waals surface area contributed by atoms with E-state index >= 15 is 0 Å². The summed E-state index contributed by atoms with van der Waals surface area (Å²) in [4.78, 5) is 33.8. The van der Waals surface area contributed by atoms with E-state index in [0.717, 1.165) is 43.3 Å². The number of carbonyl (C=O) groups is 2. The highest BCUT2D eigenvalue weighted by molar-refractivity contribution is 6.00. The van der Waals surface area contributed by atoms with E-state index < -0.39 is 5.54 Å². The van der Waals surface area contributed by atoms with Gasteiger partial charge in [0.05, 0.1) is 5.69 Å². The number of para-hydroxylation sites is 1. The first-order chi connectivity index (χ1) is 12.6. The second-order valence-electron chi connectivity index (χ2n) is 8.12. The Bertz CT molecular complexity index is 896. The molecule has 26 heavy (non-hydrogen) atoms. The summed E-state index contributed by atoms with van der Waals surface area (Å²) in [6.45, 7) is 2.80. The van der Waals surface area contributed by atoms with Crippen LogP contribution < -0.4 is 0 Å². The minimum atomic E-state index is -0.903. The fourth-order valence-corrected chi connectivity index (χ4v) is 5.32. The summed E-state index contributed by atoms with van der Waals surface area (Å²) in [6, 6.07) is 8.42. The van der Waals surface area contributed by atoms with Crippen molar-refractivity contribution in [3.63, 3.8) is 0 Å². The SMILES string of the molecule is CC12C(=O)N(C3CCCCC3)CC(=O)N1CCc1c2[nH]c2ccccc12. The van der Waals surface area contributed by atoms with Crippen LogP contribution in [0.1, 0.15) is 50.3 Å². The van der Waals surface area contributed by atoms with Gasteiger partial charge in [-0.1, -0.05) is 37.5 Å². The van der Waals surface area contributed by atoms with Gasteiger partial charge < -0.3 is 14.8 Å². The van der Waals surface area contributed by atoms with Crippen molar-refractivity contribution in [2.24, 2.45) is 0 Å². The first-order valence-electron chi connectivity index (χ1n) is 9.82. The average molecular weight is 351 g/mol. The number of hydrogen-bond acceptors (Lipinski definition) is 2. The lowest BCUT2D eigenvalue weighted by Crippen LogP contribution is -2.68. The van der Waals surface area contributed by atoms with E-state index in [9.17, 15) is 9.59 Å². The summed E-state index contributed by atoms with van der Waals surface area (Å²) >= 11 is 0. The van der Waals surface area contributed by atoms with E-state index in [1.165, 1.54) is 17.4 Å². The molecular weight excluding hydrogens is 326 g/mol. The average Bonchev–Trinajstić information content (AvgIpc) is 3.06. The fraction of sp³-hybridized carbons (Fsp3) is 0.524. The third kappa shape index (κ3) is 2.03. The smallest absolute Gasteiger partial charge is 0.255 e. The molecule has 0 bridgehead atoms. The molecule has 0 spiro atoms. The highest BCUT2D eigenvalue weighted by Gasteiger charge is 2.55. The number of nitrogens with zero attached hydrogens (tertiary/aromatic N) is 2. The molecule has 2 aromatic rings. The van der Waals surface area contributed by atoms with Crippen LogP contribution in [0.25, 0.3) is 10.9 Å². The van der Waals surface area contributed by atoms with Crippen molar-refractivity contribution in [3.8, 4) is 0 Å². The Morgan fingerprint density at radius 3 is 2.69 bits per heavy atom. The molecule has 5 rings (SSSR count). The number of nitrogens with one attached hydrogen (secondary N) is 1. The van der Waals surface area contributed by atoms with Crippen molar-refractivity contribution in [1.82, 2.24) is 14.8 Å². The van der Waals surface area contributed by atoms with Crippen LogP contribution in [0.3, 0.4) is 0 Å². The molecule has 1 N–H and O–H groups in total. The summed E-state index contributed by atoms with van der Waals surface area (Å²) in [5.41, 5.74) is 2.27. The number of H-pyrrole nitrogens is 1. The molecule has 3 aliphatic rings. The van der Waals surface area contributed by atoms with E-state index in [0.29, 0.717) is 6.54 Å². The molecule has 1 atom stereocenters. The maximum absolute atomic E-state index is 13.7. The van der Waals surface area contributed by atoms with Crippen LogP contribution in [0.5, 0.6) is 0 Å². The zero-order valence-electron chi connectivity index (χ0n) is 15.3. The lowest BCUT2D eigenvalue weighted by atomic mass is 9.82. The molecule has 136 valence electrons. The normalized spacial score (nSPS) is 27.0. The molecule has 5 nitrogen and oxygen atoms in total. The Morgan fingerprint density at radius 1 is 1.12 bits per heavy atom. The third-order valence-electron chi connectivity index (χ3n) is 6.73. The van der Waals surface area contributed by atoms with Crippen LogP contribution in [0.15, 0.2) is 24.3 Å². The van der Waals surface area contributed by atoms with Gasteiger partial charge in [-0.15, -0.1) is 0 Å². The molecule has 1 aromatic heterocycles. The zero-order valence-corrected chi connectivity index (χ0v) is 15.3. The van der Waals surface area contributed by atoms with Gasteiger partial charge >= 0.3 is 0 Å². The summed E-state index contributed by atoms with van der Waals surface area (Å²) in [5.74, 6) is 0.179. The highest BCUT2D eigenvalue weighted by atomic mass is 16.2. The number of piperazine rings is 1. The van der Waals surface area contributed by atoms with Crippen LogP contribution in [0.4, 0.5) is 0 Å². The van der Waals surface area contributed by atoms with Crippen molar-refractivity contribution in [3.05, 3.63) is 35.5 Å². The molecule has 2 aliphatic heterocycles. The molecule has 1 aliphatic carbocycles. The standard InChI is InChI=1S/C21H25N3O2/c1-21-19-16(15-9-5-6-10-17(15)22-19)11-12-24(21)18(25)13-23(20(21)26)14-7-3-2-4-8-14/h5-6,9-10,14,22H,2-4,7-8,11-13H2,1H3. The van der Waals surface area contributed by atoms with Gasteiger partial charge in [0.2, 0.25) is 5.91 Å². The molecule has 1 saturated carbocycles. The van der Waals surface area contributed by atoms with Crippen LogP contribution >= 0.6 is 0 Å². The minimum Gasteiger partial charge on any atom is -0.356 e. The quantitative estimate of drug-likeness (QED) is 0.859. The topological polar surface area (TPSA) is 56.4 Å². The summed E-state index contributed by atoms with van der Waals surface area (Å²) in [5, 5.41) is 1.18. The van der Waals surface area contributed by atoms with Crippen LogP contribution in [-0.2, 0) is 21.5 Å². The Balaban J connectivity index is 1.63. The first-order valence-corrected chi connectivity index (χ1v) is 9.82. The van der Waals surface area contributed by atoms with E-state index in [1.807, 2.05) is 28.9 Å². The summed E-state index contributed by atoms with van der Waals surface area (Å²) in [6.07, 6.45) is 6.39. The molecular formula is C21H25N3O2. The van der Waals surface area contributed by atoms with Crippen LogP contribution in [0, 0.1) is 0 Å². The number of fused-ring (bicyclic) bond motifs is 5. The Kier molecular flexibility index (Phi) is 3.43. The number of aromatic nitrogens is 1. The number of aromatic amines is 1. The van der Waals surface area contributed by atoms with Crippen molar-refractivity contribution in [2.75, 3.05) is 13.1 Å². The lowest BCUT2D eigenvalue weighted by Gasteiger charge is -2.51. The largest absolute Gasteiger partial charge is 0.356 e. The van der Waals surface area contributed by atoms with E-state index in [4.69, 9.17) is 0 Å². The van der Waals surface area contributed by atoms with Gasteiger partial charge in [-0.2, -0.15) is 0 Å². The predicted octanol–water partition coefficient (Wildman–Crippen LogP) is 2.94. The number of hydrogen-bond donors (Lipinski definition) is 1. The molecule has 1 unspecified atom stereocenters. The second-order valence-corrected chi connectivity index (χ2v) is 8.12. The minimum absolute atomic E-state index is 0.0852. The number of benzene rings is 1. The van der Waals surface area contributed by atoms with E-state index in [2.05, 4.69) is 17.1 Å². The van der Waals surface area contributed by atoms with E-state index in [1.54, 1.807) is 0 Å². The monoisotopic (exact) mass is 351 g/mol. The first kappa shape index (κ1) is 15.9. The molecule has 3 heterocycles. The predicted molar refractivity (Wildman–Crippen MR) is 99.7 cm³/mol. The molecule has 1 aromatic carbocycles. The van der Waals surface area contributed by atoms with Gasteiger partial charge in [0.25, 0.3) is 5.91 Å². The number of rotatable bonds is 1. The highest BCUT2D eigenvalue weighted by Crippen LogP contribution is 2.43. The van der Waals surface area contributed by atoms with Gasteiger partial charge in [-0.05, 0) is 37.8 Å². The van der Waals surface area contributed by atoms with Crippen molar-refractivity contribution in [1.29, 1.82) is 0 Å². The Hall–Kier alpha value is -2.30. The molecule has 0 radical (unpaired) electrons. The maximum atomic E-state index is 13.7. The molecule has 1 saturated heterocycles. The van der Waals surface area contributed by atoms with Crippen molar-refractivity contribution < 1.29 is 9.59 Å². The van der Waals surface area contributed by atoms with Gasteiger partial charge in [0.1, 0.15) is 6.54 Å². The Morgan fingerprint density at radius 2 is 1.88 bits per heavy atom. The van der Waals surface area contributed by atoms with Gasteiger partial charge in [-0.25, -0.2) is 0 Å². The van der Waals surface area contributed by atoms with Gasteiger partial charge in [-0.3, -0.25) is 9.59 Å². The third-order valence-corrected chi connectivity index (χ3v) is 6.73. The van der Waals surface area contributed by atoms with E-state index in [-0.39, 0.29) is 24.4 Å². The zero-order chi connectivity index (χ0) is 17.9. The Labute approximate surface area is 153 Å². The summed E-state index contributed by atoms with van der Waals surface area (Å²) < 4.78 is 0. The lowest BCUT2D eigenvalue weighted by molar-refractivity contribution is -0.169. The van der Waals surface area contributed by atoms with Gasteiger partial charge in [0.15, 0.2) is 5.54 Å². The summed E-state index contributed by atoms with van der Waals surface area (Å²) in [7, 11) is 0. The fourth-order valence-electron chi connectivity index (χ4n) is 5.32. The van der Waals surface area contributed by atoms with Crippen LogP contribution in [-0.4, -0.2) is 45.7 Å². The molecule has 2 amide bonds. The maximum Gasteiger partial charge on any atom is 0.255 e. The second kappa shape index (κ2) is 5.60.